The molecule has 0 bridgehead atoms. The maximum absolute atomic E-state index is 10.6. The van der Waals surface area contributed by atoms with Gasteiger partial charge >= 0.3 is 0 Å². The molecule has 4 nitrogen and oxygen atoms in total. The Kier molecular flexibility index (Phi) is 4.60. The van der Waals surface area contributed by atoms with Crippen molar-refractivity contribution in [3.8, 4) is 11.5 Å². The largest absolute Gasteiger partial charge is 0.545 e. The maximum Gasteiger partial charge on any atom is 0.161 e. The van der Waals surface area contributed by atoms with Gasteiger partial charge in [0.25, 0.3) is 0 Å². The number of benzene rings is 2. The number of rotatable bonds is 6. The van der Waals surface area contributed by atoms with Crippen molar-refractivity contribution in [2.45, 2.75) is 13.5 Å². The lowest BCUT2D eigenvalue weighted by atomic mass is 10.1. The monoisotopic (exact) mass is 271 g/mol. The van der Waals surface area contributed by atoms with Crippen LogP contribution in [0.25, 0.3) is 0 Å². The van der Waals surface area contributed by atoms with E-state index in [2.05, 4.69) is 0 Å². The van der Waals surface area contributed by atoms with Gasteiger partial charge in [-0.25, -0.2) is 0 Å². The van der Waals surface area contributed by atoms with Crippen molar-refractivity contribution in [1.29, 1.82) is 0 Å². The highest BCUT2D eigenvalue weighted by molar-refractivity contribution is 5.85. The van der Waals surface area contributed by atoms with E-state index >= 15 is 0 Å². The molecule has 0 aliphatic heterocycles. The molecule has 2 rings (SSSR count). The minimum Gasteiger partial charge on any atom is -0.545 e. The zero-order chi connectivity index (χ0) is 14.4. The van der Waals surface area contributed by atoms with Gasteiger partial charge in [0, 0.05) is 0 Å². The summed E-state index contributed by atoms with van der Waals surface area (Å²) in [6, 6.07) is 13.8. The van der Waals surface area contributed by atoms with E-state index in [1.807, 2.05) is 31.2 Å². The lowest BCUT2D eigenvalue weighted by Crippen LogP contribution is -2.22. The summed E-state index contributed by atoms with van der Waals surface area (Å²) in [5.41, 5.74) is 1.03. The fraction of sp³-hybridized carbons (Fsp3) is 0.188. The van der Waals surface area contributed by atoms with Crippen molar-refractivity contribution in [2.24, 2.45) is 0 Å². The van der Waals surface area contributed by atoms with Crippen LogP contribution in [0.5, 0.6) is 11.5 Å². The molecule has 0 radical (unpaired) electrons. The van der Waals surface area contributed by atoms with Crippen LogP contribution in [0.3, 0.4) is 0 Å². The van der Waals surface area contributed by atoms with Crippen LogP contribution in [-0.4, -0.2) is 12.6 Å². The molecule has 0 saturated carbocycles. The van der Waals surface area contributed by atoms with Crippen molar-refractivity contribution in [1.82, 2.24) is 0 Å². The second-order valence-corrected chi connectivity index (χ2v) is 4.15. The van der Waals surface area contributed by atoms with Gasteiger partial charge in [0.2, 0.25) is 0 Å². The Labute approximate surface area is 117 Å². The van der Waals surface area contributed by atoms with Gasteiger partial charge in [-0.1, -0.05) is 36.4 Å². The molecule has 4 heteroatoms. The van der Waals surface area contributed by atoms with Gasteiger partial charge in [-0.05, 0) is 30.2 Å². The Bertz CT molecular complexity index is 575. The number of ether oxygens (including phenoxy) is 2. The zero-order valence-electron chi connectivity index (χ0n) is 11.2. The average Bonchev–Trinajstić information content (AvgIpc) is 2.47. The standard InChI is InChI=1S/C16H16O4/c1-2-19-14-5-3-4-6-15(14)20-11-12-7-9-13(10-8-12)16(17)18/h3-10H,2,11H2,1H3,(H,17,18)/p-1. The molecular weight excluding hydrogens is 256 g/mol. The van der Waals surface area contributed by atoms with Crippen molar-refractivity contribution >= 4 is 5.97 Å². The van der Waals surface area contributed by atoms with E-state index in [4.69, 9.17) is 9.47 Å². The smallest absolute Gasteiger partial charge is 0.161 e. The summed E-state index contributed by atoms with van der Waals surface area (Å²) < 4.78 is 11.2. The average molecular weight is 271 g/mol. The molecule has 20 heavy (non-hydrogen) atoms. The molecule has 0 saturated heterocycles. The lowest BCUT2D eigenvalue weighted by Gasteiger charge is -2.12. The molecule has 104 valence electrons. The van der Waals surface area contributed by atoms with Crippen molar-refractivity contribution < 1.29 is 19.4 Å². The number of hydrogen-bond donors (Lipinski definition) is 0. The lowest BCUT2D eigenvalue weighted by molar-refractivity contribution is -0.255. The second-order valence-electron chi connectivity index (χ2n) is 4.15. The summed E-state index contributed by atoms with van der Waals surface area (Å²) in [6.07, 6.45) is 0. The number of aromatic carboxylic acids is 1. The number of carbonyl (C=O) groups excluding carboxylic acids is 1. The molecule has 0 atom stereocenters. The van der Waals surface area contributed by atoms with Gasteiger partial charge in [0.15, 0.2) is 11.5 Å². The van der Waals surface area contributed by atoms with E-state index in [1.165, 1.54) is 12.1 Å². The molecule has 0 N–H and O–H groups in total. The molecule has 0 fully saturated rings. The summed E-state index contributed by atoms with van der Waals surface area (Å²) in [4.78, 5) is 10.6. The predicted octanol–water partition coefficient (Wildman–Crippen LogP) is 2.03. The van der Waals surface area contributed by atoms with E-state index in [-0.39, 0.29) is 5.56 Å². The SMILES string of the molecule is CCOc1ccccc1OCc1ccc(C(=O)[O-])cc1. The first-order chi connectivity index (χ1) is 9.70. The fourth-order valence-corrected chi connectivity index (χ4v) is 1.74. The van der Waals surface area contributed by atoms with Crippen LogP contribution in [0.1, 0.15) is 22.8 Å². The number of hydrogen-bond acceptors (Lipinski definition) is 4. The molecule has 0 spiro atoms. The van der Waals surface area contributed by atoms with Crippen LogP contribution < -0.4 is 14.6 Å². The van der Waals surface area contributed by atoms with Gasteiger partial charge in [-0.15, -0.1) is 0 Å². The summed E-state index contributed by atoms with van der Waals surface area (Å²) in [6.45, 7) is 2.83. The highest BCUT2D eigenvalue weighted by atomic mass is 16.5. The minimum absolute atomic E-state index is 0.156. The van der Waals surface area contributed by atoms with Gasteiger partial charge < -0.3 is 19.4 Å². The Morgan fingerprint density at radius 1 is 1.00 bits per heavy atom. The molecule has 0 aliphatic carbocycles. The quantitative estimate of drug-likeness (QED) is 0.806. The van der Waals surface area contributed by atoms with Gasteiger partial charge in [-0.3, -0.25) is 0 Å². The Hall–Kier alpha value is -2.49. The van der Waals surface area contributed by atoms with E-state index in [0.717, 1.165) is 5.56 Å². The third kappa shape index (κ3) is 3.51. The van der Waals surface area contributed by atoms with Gasteiger partial charge in [0.1, 0.15) is 6.61 Å². The highest BCUT2D eigenvalue weighted by Crippen LogP contribution is 2.27. The predicted molar refractivity (Wildman–Crippen MR) is 72.7 cm³/mol. The Balaban J connectivity index is 2.03. The van der Waals surface area contributed by atoms with E-state index in [1.54, 1.807) is 12.1 Å². The van der Waals surface area contributed by atoms with E-state index < -0.39 is 5.97 Å². The maximum atomic E-state index is 10.6. The molecule has 0 heterocycles. The molecule has 2 aromatic rings. The minimum atomic E-state index is -1.18. The molecule has 0 aromatic heterocycles. The van der Waals surface area contributed by atoms with Crippen LogP contribution in [0.4, 0.5) is 0 Å². The molecule has 0 amide bonds. The molecular formula is C16H15O4-. The Morgan fingerprint density at radius 3 is 2.15 bits per heavy atom. The fourth-order valence-electron chi connectivity index (χ4n) is 1.74. The van der Waals surface area contributed by atoms with Crippen LogP contribution in [-0.2, 0) is 6.61 Å². The van der Waals surface area contributed by atoms with E-state index in [0.29, 0.717) is 24.7 Å². The van der Waals surface area contributed by atoms with Crippen LogP contribution in [0.2, 0.25) is 0 Å². The van der Waals surface area contributed by atoms with Gasteiger partial charge in [-0.2, -0.15) is 0 Å². The van der Waals surface area contributed by atoms with Crippen molar-refractivity contribution in [3.63, 3.8) is 0 Å². The Morgan fingerprint density at radius 2 is 1.60 bits per heavy atom. The first-order valence-electron chi connectivity index (χ1n) is 6.35. The van der Waals surface area contributed by atoms with Gasteiger partial charge in [0.05, 0.1) is 12.6 Å². The summed E-state index contributed by atoms with van der Waals surface area (Å²) >= 11 is 0. The zero-order valence-corrected chi connectivity index (χ0v) is 11.2. The third-order valence-electron chi connectivity index (χ3n) is 2.73. The number of carboxylic acids is 1. The molecule has 2 aromatic carbocycles. The highest BCUT2D eigenvalue weighted by Gasteiger charge is 2.04. The number of carboxylic acid groups (broad SMARTS) is 1. The first kappa shape index (κ1) is 13.9. The second kappa shape index (κ2) is 6.61. The number of para-hydroxylation sites is 2. The molecule has 0 aliphatic rings. The topological polar surface area (TPSA) is 58.6 Å². The van der Waals surface area contributed by atoms with E-state index in [9.17, 15) is 9.90 Å². The third-order valence-corrected chi connectivity index (χ3v) is 2.73. The van der Waals surface area contributed by atoms with Crippen LogP contribution >= 0.6 is 0 Å². The molecule has 0 unspecified atom stereocenters. The van der Waals surface area contributed by atoms with Crippen molar-refractivity contribution in [3.05, 3.63) is 59.7 Å². The van der Waals surface area contributed by atoms with Crippen molar-refractivity contribution in [2.75, 3.05) is 6.61 Å². The summed E-state index contributed by atoms with van der Waals surface area (Å²) in [5, 5.41) is 10.6. The number of carbonyl (C=O) groups is 1. The van der Waals surface area contributed by atoms with Crippen LogP contribution in [0.15, 0.2) is 48.5 Å². The summed E-state index contributed by atoms with van der Waals surface area (Å²) in [5.74, 6) is 0.179. The van der Waals surface area contributed by atoms with Crippen LogP contribution in [0, 0.1) is 0 Å². The first-order valence-corrected chi connectivity index (χ1v) is 6.35. The normalized spacial score (nSPS) is 10.1. The summed E-state index contributed by atoms with van der Waals surface area (Å²) in [7, 11) is 0.